The predicted octanol–water partition coefficient (Wildman–Crippen LogP) is 3.00. The molecule has 5 heteroatoms. The second kappa shape index (κ2) is 7.27. The molecule has 2 aliphatic carbocycles. The van der Waals surface area contributed by atoms with Gasteiger partial charge in [-0.05, 0) is 37.5 Å². The molecular formula is C17H27N3O2. The maximum Gasteiger partial charge on any atom is 0.270 e. The molecule has 2 saturated carbocycles. The van der Waals surface area contributed by atoms with E-state index in [0.717, 1.165) is 11.8 Å². The number of amides is 1. The van der Waals surface area contributed by atoms with Gasteiger partial charge in [0.2, 0.25) is 0 Å². The van der Waals surface area contributed by atoms with Crippen molar-refractivity contribution in [2.45, 2.75) is 70.4 Å². The highest BCUT2D eigenvalue weighted by molar-refractivity contribution is 5.90. The lowest BCUT2D eigenvalue weighted by molar-refractivity contribution is 0.0991. The van der Waals surface area contributed by atoms with Crippen molar-refractivity contribution in [3.05, 3.63) is 17.5 Å². The van der Waals surface area contributed by atoms with Crippen LogP contribution in [0.2, 0.25) is 0 Å². The Morgan fingerprint density at radius 2 is 1.82 bits per heavy atom. The summed E-state index contributed by atoms with van der Waals surface area (Å²) in [4.78, 5) is 11.0. The molecule has 0 aliphatic heterocycles. The number of rotatable bonds is 5. The summed E-state index contributed by atoms with van der Waals surface area (Å²) in [7, 11) is 0. The van der Waals surface area contributed by atoms with Gasteiger partial charge in [-0.3, -0.25) is 4.79 Å². The van der Waals surface area contributed by atoms with E-state index in [9.17, 15) is 4.79 Å². The van der Waals surface area contributed by atoms with Gasteiger partial charge in [0.05, 0.1) is 6.54 Å². The van der Waals surface area contributed by atoms with E-state index in [0.29, 0.717) is 18.3 Å². The largest absolute Gasteiger partial charge is 0.364 e. The van der Waals surface area contributed by atoms with Crippen LogP contribution in [0.25, 0.3) is 0 Å². The van der Waals surface area contributed by atoms with E-state index >= 15 is 0 Å². The van der Waals surface area contributed by atoms with Gasteiger partial charge >= 0.3 is 0 Å². The molecule has 0 spiro atoms. The summed E-state index contributed by atoms with van der Waals surface area (Å²) < 4.78 is 5.12. The monoisotopic (exact) mass is 305 g/mol. The highest BCUT2D eigenvalue weighted by Crippen LogP contribution is 2.38. The van der Waals surface area contributed by atoms with E-state index in [4.69, 9.17) is 10.3 Å². The minimum Gasteiger partial charge on any atom is -0.364 e. The molecule has 22 heavy (non-hydrogen) atoms. The standard InChI is InChI=1S/C17H27N3O2/c18-17(21)16-10-15(22-20-16)11-19-14-8-6-13(7-9-14)12-4-2-1-3-5-12/h10,12-14,19H,1-9,11H2,(H2,18,21). The summed E-state index contributed by atoms with van der Waals surface area (Å²) in [5.74, 6) is 2.08. The molecule has 0 aromatic carbocycles. The van der Waals surface area contributed by atoms with Crippen molar-refractivity contribution in [3.8, 4) is 0 Å². The topological polar surface area (TPSA) is 81.2 Å². The molecule has 1 aromatic heterocycles. The van der Waals surface area contributed by atoms with E-state index in [1.54, 1.807) is 6.07 Å². The second-order valence-corrected chi connectivity index (χ2v) is 6.93. The Hall–Kier alpha value is -1.36. The fraction of sp³-hybridized carbons (Fsp3) is 0.765. The summed E-state index contributed by atoms with van der Waals surface area (Å²) >= 11 is 0. The van der Waals surface area contributed by atoms with Crippen LogP contribution < -0.4 is 11.1 Å². The second-order valence-electron chi connectivity index (χ2n) is 6.93. The fourth-order valence-corrected chi connectivity index (χ4v) is 4.16. The molecule has 0 bridgehead atoms. The number of nitrogens with one attached hydrogen (secondary N) is 1. The molecule has 3 rings (SSSR count). The highest BCUT2D eigenvalue weighted by atomic mass is 16.5. The van der Waals surface area contributed by atoms with Crippen LogP contribution in [0.1, 0.15) is 74.0 Å². The lowest BCUT2D eigenvalue weighted by Crippen LogP contribution is -2.34. The Balaban J connectivity index is 1.40. The van der Waals surface area contributed by atoms with E-state index < -0.39 is 5.91 Å². The number of primary amides is 1. The molecule has 1 aromatic rings. The number of hydrogen-bond donors (Lipinski definition) is 2. The normalized spacial score (nSPS) is 26.9. The van der Waals surface area contributed by atoms with Crippen LogP contribution in [0.4, 0.5) is 0 Å². The Morgan fingerprint density at radius 3 is 2.45 bits per heavy atom. The van der Waals surface area contributed by atoms with E-state index in [2.05, 4.69) is 10.5 Å². The summed E-state index contributed by atoms with van der Waals surface area (Å²) in [6, 6.07) is 2.19. The number of hydrogen-bond acceptors (Lipinski definition) is 4. The molecule has 0 unspecified atom stereocenters. The van der Waals surface area contributed by atoms with Gasteiger partial charge in [0.1, 0.15) is 0 Å². The molecule has 0 atom stereocenters. The quantitative estimate of drug-likeness (QED) is 0.876. The highest BCUT2D eigenvalue weighted by Gasteiger charge is 2.28. The van der Waals surface area contributed by atoms with Gasteiger partial charge < -0.3 is 15.6 Å². The number of carbonyl (C=O) groups excluding carboxylic acids is 1. The molecule has 2 aliphatic rings. The van der Waals surface area contributed by atoms with Crippen LogP contribution >= 0.6 is 0 Å². The van der Waals surface area contributed by atoms with Crippen LogP contribution in [0, 0.1) is 11.8 Å². The average molecular weight is 305 g/mol. The van der Waals surface area contributed by atoms with Gasteiger partial charge in [-0.25, -0.2) is 0 Å². The van der Waals surface area contributed by atoms with Gasteiger partial charge in [-0.15, -0.1) is 0 Å². The van der Waals surface area contributed by atoms with Gasteiger partial charge in [-0.1, -0.05) is 37.3 Å². The van der Waals surface area contributed by atoms with Crippen molar-refractivity contribution in [1.82, 2.24) is 10.5 Å². The van der Waals surface area contributed by atoms with Crippen LogP contribution in [0.5, 0.6) is 0 Å². The smallest absolute Gasteiger partial charge is 0.270 e. The zero-order valence-corrected chi connectivity index (χ0v) is 13.2. The van der Waals surface area contributed by atoms with Crippen molar-refractivity contribution >= 4 is 5.91 Å². The fourth-order valence-electron chi connectivity index (χ4n) is 4.16. The predicted molar refractivity (Wildman–Crippen MR) is 84.2 cm³/mol. The van der Waals surface area contributed by atoms with Crippen molar-refractivity contribution in [3.63, 3.8) is 0 Å². The molecule has 0 saturated heterocycles. The molecule has 122 valence electrons. The maximum absolute atomic E-state index is 11.0. The first-order valence-electron chi connectivity index (χ1n) is 8.71. The third-order valence-corrected chi connectivity index (χ3v) is 5.46. The first-order chi connectivity index (χ1) is 10.7. The maximum atomic E-state index is 11.0. The molecule has 1 heterocycles. The zero-order valence-electron chi connectivity index (χ0n) is 13.2. The molecular weight excluding hydrogens is 278 g/mol. The number of aromatic nitrogens is 1. The summed E-state index contributed by atoms with van der Waals surface area (Å²) in [5, 5.41) is 7.19. The first-order valence-corrected chi connectivity index (χ1v) is 8.71. The molecule has 1 amide bonds. The van der Waals surface area contributed by atoms with Gasteiger partial charge in [0.25, 0.3) is 5.91 Å². The zero-order chi connectivity index (χ0) is 15.4. The van der Waals surface area contributed by atoms with Crippen molar-refractivity contribution in [1.29, 1.82) is 0 Å². The third-order valence-electron chi connectivity index (χ3n) is 5.46. The molecule has 5 nitrogen and oxygen atoms in total. The number of nitrogens with two attached hydrogens (primary N) is 1. The van der Waals surface area contributed by atoms with E-state index in [-0.39, 0.29) is 5.69 Å². The van der Waals surface area contributed by atoms with E-state index in [1.165, 1.54) is 57.8 Å². The molecule has 3 N–H and O–H groups in total. The van der Waals surface area contributed by atoms with Crippen molar-refractivity contribution in [2.75, 3.05) is 0 Å². The summed E-state index contributed by atoms with van der Waals surface area (Å²) in [6.45, 7) is 0.624. The Morgan fingerprint density at radius 1 is 1.14 bits per heavy atom. The average Bonchev–Trinajstić information content (AvgIpc) is 3.04. The number of carbonyl (C=O) groups is 1. The first kappa shape index (κ1) is 15.5. The Labute approximate surface area is 132 Å². The number of nitrogens with zero attached hydrogens (tertiary/aromatic N) is 1. The van der Waals surface area contributed by atoms with E-state index in [1.807, 2.05) is 0 Å². The SMILES string of the molecule is NC(=O)c1cc(CNC2CCC(C3CCCCC3)CC2)on1. The lowest BCUT2D eigenvalue weighted by Gasteiger charge is -2.36. The van der Waals surface area contributed by atoms with Crippen LogP contribution in [-0.4, -0.2) is 17.1 Å². The lowest BCUT2D eigenvalue weighted by atomic mass is 9.72. The third kappa shape index (κ3) is 3.88. The van der Waals surface area contributed by atoms with Gasteiger partial charge in [0, 0.05) is 12.1 Å². The Bertz CT molecular complexity index is 486. The molecule has 0 radical (unpaired) electrons. The minimum atomic E-state index is -0.539. The van der Waals surface area contributed by atoms with Crippen molar-refractivity contribution < 1.29 is 9.32 Å². The van der Waals surface area contributed by atoms with Gasteiger partial charge in [0.15, 0.2) is 11.5 Å². The van der Waals surface area contributed by atoms with Crippen LogP contribution in [-0.2, 0) is 6.54 Å². The Kier molecular flexibility index (Phi) is 5.13. The van der Waals surface area contributed by atoms with Gasteiger partial charge in [-0.2, -0.15) is 0 Å². The van der Waals surface area contributed by atoms with Crippen molar-refractivity contribution in [2.24, 2.45) is 17.6 Å². The summed E-state index contributed by atoms with van der Waals surface area (Å²) in [5.41, 5.74) is 5.38. The van der Waals surface area contributed by atoms with Crippen LogP contribution in [0.3, 0.4) is 0 Å². The molecule has 2 fully saturated rings. The van der Waals surface area contributed by atoms with Crippen LogP contribution in [0.15, 0.2) is 10.6 Å². The minimum absolute atomic E-state index is 0.206. The summed E-state index contributed by atoms with van der Waals surface area (Å²) in [6.07, 6.45) is 12.4.